The van der Waals surface area contributed by atoms with Crippen LogP contribution >= 0.6 is 22.2 Å². The normalized spacial score (nSPS) is 18.1. The van der Waals surface area contributed by atoms with E-state index in [4.69, 9.17) is 16.3 Å². The molecule has 0 spiro atoms. The van der Waals surface area contributed by atoms with Crippen molar-refractivity contribution >= 4 is 34.1 Å². The quantitative estimate of drug-likeness (QED) is 0.404. The molecule has 0 saturated carbocycles. The molecular weight excluding hydrogens is 466 g/mol. The maximum atomic E-state index is 12.0. The molecule has 1 fully saturated rings. The third-order valence-corrected chi connectivity index (χ3v) is 7.65. The lowest BCUT2D eigenvalue weighted by molar-refractivity contribution is 0.199. The van der Waals surface area contributed by atoms with Crippen molar-refractivity contribution in [2.45, 2.75) is 32.5 Å². The Labute approximate surface area is 198 Å². The highest BCUT2D eigenvalue weighted by atomic mass is 35.5. The van der Waals surface area contributed by atoms with Crippen molar-refractivity contribution in [2.75, 3.05) is 16.4 Å². The molecule has 1 aromatic heterocycles. The zero-order chi connectivity index (χ0) is 23.6. The number of hydrogen-bond donors (Lipinski definition) is 3. The van der Waals surface area contributed by atoms with Gasteiger partial charge >= 0.3 is 6.09 Å². The number of rotatable bonds is 7. The van der Waals surface area contributed by atoms with Gasteiger partial charge in [-0.25, -0.2) is 4.79 Å². The average molecular weight is 492 g/mol. The van der Waals surface area contributed by atoms with E-state index in [-0.39, 0.29) is 17.3 Å². The molecule has 1 unspecified atom stereocenters. The van der Waals surface area contributed by atoms with Gasteiger partial charge in [0.25, 0.3) is 0 Å². The maximum Gasteiger partial charge on any atom is 0.413 e. The van der Waals surface area contributed by atoms with Crippen LogP contribution in [0.3, 0.4) is 0 Å². The average Bonchev–Trinajstić information content (AvgIpc) is 3.29. The minimum Gasteiger partial charge on any atom is -0.489 e. The summed E-state index contributed by atoms with van der Waals surface area (Å²) in [5, 5.41) is 14.9. The molecule has 33 heavy (non-hydrogen) atoms. The fourth-order valence-electron chi connectivity index (χ4n) is 3.92. The van der Waals surface area contributed by atoms with Gasteiger partial charge < -0.3 is 9.84 Å². The van der Waals surface area contributed by atoms with Crippen molar-refractivity contribution in [3.8, 4) is 5.75 Å². The summed E-state index contributed by atoms with van der Waals surface area (Å²) in [5.74, 6) is 1.15. The van der Waals surface area contributed by atoms with Crippen LogP contribution < -0.4 is 9.64 Å². The molecule has 3 N–H and O–H groups in total. The van der Waals surface area contributed by atoms with Gasteiger partial charge in [-0.3, -0.25) is 18.7 Å². The molecule has 2 aromatic carbocycles. The van der Waals surface area contributed by atoms with Crippen LogP contribution in [-0.4, -0.2) is 47.6 Å². The SMILES string of the molecule is Cc1cc(N(C(=O)O)C2CCS(O)(O)C2)nn1Cc1cc(Cl)ccc1OCc1ccccc1. The first-order valence-corrected chi connectivity index (χ1v) is 12.7. The number of aryl methyl sites for hydroxylation is 1. The number of nitrogens with zero attached hydrogens (tertiary/aromatic N) is 3. The second-order valence-electron chi connectivity index (χ2n) is 8.10. The van der Waals surface area contributed by atoms with Crippen LogP contribution in [0.15, 0.2) is 54.6 Å². The minimum absolute atomic E-state index is 0.0248. The molecule has 10 heteroatoms. The van der Waals surface area contributed by atoms with Gasteiger partial charge in [-0.05, 0) is 37.1 Å². The van der Waals surface area contributed by atoms with E-state index >= 15 is 0 Å². The molecular formula is C23H26ClN3O5S. The Balaban J connectivity index is 1.56. The summed E-state index contributed by atoms with van der Waals surface area (Å²) in [7, 11) is -2.74. The highest BCUT2D eigenvalue weighted by Crippen LogP contribution is 2.47. The molecule has 1 saturated heterocycles. The van der Waals surface area contributed by atoms with Crippen LogP contribution in [-0.2, 0) is 13.2 Å². The van der Waals surface area contributed by atoms with E-state index in [1.165, 1.54) is 0 Å². The van der Waals surface area contributed by atoms with E-state index in [1.54, 1.807) is 16.8 Å². The zero-order valence-corrected chi connectivity index (χ0v) is 19.7. The highest BCUT2D eigenvalue weighted by Gasteiger charge is 2.37. The fourth-order valence-corrected chi connectivity index (χ4v) is 5.87. The molecule has 0 aliphatic carbocycles. The number of carboxylic acid groups (broad SMARTS) is 1. The Morgan fingerprint density at radius 3 is 2.67 bits per heavy atom. The lowest BCUT2D eigenvalue weighted by Gasteiger charge is -2.28. The van der Waals surface area contributed by atoms with Gasteiger partial charge in [0, 0.05) is 28.1 Å². The summed E-state index contributed by atoms with van der Waals surface area (Å²) >= 11 is 6.23. The molecule has 1 aliphatic rings. The molecule has 2 heterocycles. The summed E-state index contributed by atoms with van der Waals surface area (Å²) in [6.07, 6.45) is -0.789. The van der Waals surface area contributed by atoms with Crippen molar-refractivity contribution < 1.29 is 23.7 Å². The van der Waals surface area contributed by atoms with E-state index in [2.05, 4.69) is 5.10 Å². The molecule has 1 atom stereocenters. The lowest BCUT2D eigenvalue weighted by atomic mass is 10.2. The Morgan fingerprint density at radius 1 is 1.24 bits per heavy atom. The predicted octanol–water partition coefficient (Wildman–Crippen LogP) is 5.48. The van der Waals surface area contributed by atoms with Crippen molar-refractivity contribution in [3.05, 3.63) is 76.4 Å². The van der Waals surface area contributed by atoms with E-state index in [9.17, 15) is 19.0 Å². The first-order chi connectivity index (χ1) is 15.7. The summed E-state index contributed by atoms with van der Waals surface area (Å²) in [5.41, 5.74) is 2.61. The molecule has 3 aromatic rings. The third kappa shape index (κ3) is 5.62. The van der Waals surface area contributed by atoms with Gasteiger partial charge in [0.2, 0.25) is 0 Å². The second-order valence-corrected chi connectivity index (χ2v) is 10.9. The molecule has 0 bridgehead atoms. The molecule has 176 valence electrons. The second kappa shape index (κ2) is 9.64. The number of carbonyl (C=O) groups is 1. The standard InChI is InChI=1S/C23H26ClN3O5S/c1-16-11-22(27(23(28)29)20-9-10-33(30,31)15-20)25-26(16)13-18-12-19(24)7-8-21(18)32-14-17-5-3-2-4-6-17/h2-8,11-12,20,30-31H,9-10,13-15H2,1H3,(H,28,29). The first kappa shape index (κ1) is 23.4. The molecule has 1 aliphatic heterocycles. The molecule has 0 radical (unpaired) electrons. The van der Waals surface area contributed by atoms with Crippen LogP contribution in [0.5, 0.6) is 5.75 Å². The van der Waals surface area contributed by atoms with Crippen molar-refractivity contribution in [3.63, 3.8) is 0 Å². The molecule has 8 nitrogen and oxygen atoms in total. The highest BCUT2D eigenvalue weighted by molar-refractivity contribution is 8.24. The van der Waals surface area contributed by atoms with Crippen molar-refractivity contribution in [1.82, 2.24) is 9.78 Å². The van der Waals surface area contributed by atoms with Crippen LogP contribution in [0.1, 0.15) is 23.2 Å². The smallest absolute Gasteiger partial charge is 0.413 e. The van der Waals surface area contributed by atoms with Crippen LogP contribution in [0, 0.1) is 6.92 Å². The van der Waals surface area contributed by atoms with Gasteiger partial charge in [-0.1, -0.05) is 41.9 Å². The number of amides is 1. The first-order valence-electron chi connectivity index (χ1n) is 10.5. The number of hydrogen-bond acceptors (Lipinski definition) is 5. The Morgan fingerprint density at radius 2 is 2.00 bits per heavy atom. The summed E-state index contributed by atoms with van der Waals surface area (Å²) < 4.78 is 27.6. The van der Waals surface area contributed by atoms with Crippen LogP contribution in [0.2, 0.25) is 5.02 Å². The van der Waals surface area contributed by atoms with E-state index < -0.39 is 22.7 Å². The Hall–Kier alpha value is -2.72. The molecule has 1 amide bonds. The largest absolute Gasteiger partial charge is 0.489 e. The Bertz CT molecular complexity index is 1140. The van der Waals surface area contributed by atoms with Crippen molar-refractivity contribution in [1.29, 1.82) is 0 Å². The summed E-state index contributed by atoms with van der Waals surface area (Å²) in [6, 6.07) is 16.4. The van der Waals surface area contributed by atoms with Gasteiger partial charge in [0.1, 0.15) is 12.4 Å². The predicted molar refractivity (Wildman–Crippen MR) is 130 cm³/mol. The minimum atomic E-state index is -2.74. The summed E-state index contributed by atoms with van der Waals surface area (Å²) in [6.45, 7) is 2.58. The van der Waals surface area contributed by atoms with E-state index in [0.717, 1.165) is 21.7 Å². The van der Waals surface area contributed by atoms with Gasteiger partial charge in [-0.2, -0.15) is 15.7 Å². The van der Waals surface area contributed by atoms with Gasteiger partial charge in [0.15, 0.2) is 5.82 Å². The van der Waals surface area contributed by atoms with Gasteiger partial charge in [-0.15, -0.1) is 0 Å². The monoisotopic (exact) mass is 491 g/mol. The van der Waals surface area contributed by atoms with Crippen molar-refractivity contribution in [2.24, 2.45) is 0 Å². The fraction of sp³-hybridized carbons (Fsp3) is 0.304. The Kier molecular flexibility index (Phi) is 6.85. The number of ether oxygens (including phenoxy) is 1. The maximum absolute atomic E-state index is 12.0. The van der Waals surface area contributed by atoms with E-state index in [1.807, 2.05) is 49.4 Å². The van der Waals surface area contributed by atoms with Crippen LogP contribution in [0.25, 0.3) is 0 Å². The molecule has 4 rings (SSSR count). The van der Waals surface area contributed by atoms with E-state index in [0.29, 0.717) is 30.3 Å². The number of aromatic nitrogens is 2. The number of halogens is 1. The lowest BCUT2D eigenvalue weighted by Crippen LogP contribution is -2.40. The summed E-state index contributed by atoms with van der Waals surface area (Å²) in [4.78, 5) is 13.1. The zero-order valence-electron chi connectivity index (χ0n) is 18.1. The topological polar surface area (TPSA) is 108 Å². The third-order valence-electron chi connectivity index (χ3n) is 5.60. The number of benzene rings is 2. The number of anilines is 1. The van der Waals surface area contributed by atoms with Gasteiger partial charge in [0.05, 0.1) is 18.3 Å². The van der Waals surface area contributed by atoms with Crippen LogP contribution in [0.4, 0.5) is 10.6 Å².